The lowest BCUT2D eigenvalue weighted by atomic mass is 10.0. The molecular formula is C21H19NO4. The van der Waals surface area contributed by atoms with E-state index in [-0.39, 0.29) is 24.3 Å². The molecule has 0 aliphatic heterocycles. The van der Waals surface area contributed by atoms with Gasteiger partial charge in [0, 0.05) is 5.56 Å². The van der Waals surface area contributed by atoms with Gasteiger partial charge in [-0.05, 0) is 48.9 Å². The minimum Gasteiger partial charge on any atom is -0.484 e. The standard InChI is InChI=1S/C21H19NO4/c1-15(23)16-9-11-18(12-10-16)26-14-20(24)22-21(19-8-5-13-25-19)17-6-3-2-4-7-17/h2-13,21H,14H2,1H3,(H,22,24). The molecule has 1 unspecified atom stereocenters. The van der Waals surface area contributed by atoms with E-state index in [1.165, 1.54) is 6.92 Å². The first-order valence-electron chi connectivity index (χ1n) is 8.25. The van der Waals surface area contributed by atoms with Crippen LogP contribution in [0, 0.1) is 0 Å². The van der Waals surface area contributed by atoms with Gasteiger partial charge in [0.15, 0.2) is 12.4 Å². The average molecular weight is 349 g/mol. The van der Waals surface area contributed by atoms with E-state index in [1.54, 1.807) is 36.6 Å². The van der Waals surface area contributed by atoms with Crippen LogP contribution in [0.15, 0.2) is 77.4 Å². The Morgan fingerprint density at radius 1 is 1.00 bits per heavy atom. The Morgan fingerprint density at radius 2 is 1.73 bits per heavy atom. The van der Waals surface area contributed by atoms with E-state index in [1.807, 2.05) is 36.4 Å². The first-order valence-corrected chi connectivity index (χ1v) is 8.25. The third-order valence-corrected chi connectivity index (χ3v) is 3.90. The molecule has 0 saturated heterocycles. The zero-order valence-electron chi connectivity index (χ0n) is 14.3. The van der Waals surface area contributed by atoms with Gasteiger partial charge in [0.1, 0.15) is 17.6 Å². The highest BCUT2D eigenvalue weighted by molar-refractivity contribution is 5.94. The number of ketones is 1. The molecule has 5 heteroatoms. The van der Waals surface area contributed by atoms with Crippen LogP contribution in [0.1, 0.15) is 34.6 Å². The topological polar surface area (TPSA) is 68.5 Å². The zero-order chi connectivity index (χ0) is 18.4. The summed E-state index contributed by atoms with van der Waals surface area (Å²) in [7, 11) is 0. The molecule has 0 fully saturated rings. The fraction of sp³-hybridized carbons (Fsp3) is 0.143. The van der Waals surface area contributed by atoms with E-state index in [0.29, 0.717) is 17.1 Å². The van der Waals surface area contributed by atoms with Gasteiger partial charge in [-0.1, -0.05) is 30.3 Å². The van der Waals surface area contributed by atoms with Gasteiger partial charge in [0.2, 0.25) is 0 Å². The second-order valence-corrected chi connectivity index (χ2v) is 5.80. The number of rotatable bonds is 7. The number of nitrogens with one attached hydrogen (secondary N) is 1. The number of Topliss-reactive ketones (excluding diaryl/α,β-unsaturated/α-hetero) is 1. The number of carbonyl (C=O) groups excluding carboxylic acids is 2. The first kappa shape index (κ1) is 17.5. The maximum atomic E-state index is 12.3. The molecule has 5 nitrogen and oxygen atoms in total. The third kappa shape index (κ3) is 4.39. The third-order valence-electron chi connectivity index (χ3n) is 3.90. The number of furan rings is 1. The van der Waals surface area contributed by atoms with Crippen molar-refractivity contribution in [1.29, 1.82) is 0 Å². The van der Waals surface area contributed by atoms with Crippen LogP contribution in [0.25, 0.3) is 0 Å². The normalized spacial score (nSPS) is 11.6. The molecule has 0 aliphatic rings. The van der Waals surface area contributed by atoms with E-state index >= 15 is 0 Å². The van der Waals surface area contributed by atoms with Gasteiger partial charge in [-0.2, -0.15) is 0 Å². The summed E-state index contributed by atoms with van der Waals surface area (Å²) in [6.45, 7) is 1.37. The maximum Gasteiger partial charge on any atom is 0.258 e. The molecule has 26 heavy (non-hydrogen) atoms. The van der Waals surface area contributed by atoms with Crippen LogP contribution in [0.5, 0.6) is 5.75 Å². The predicted octanol–water partition coefficient (Wildman–Crippen LogP) is 3.77. The summed E-state index contributed by atoms with van der Waals surface area (Å²) < 4.78 is 11.0. The van der Waals surface area contributed by atoms with Crippen molar-refractivity contribution in [2.24, 2.45) is 0 Å². The Kier molecular flexibility index (Phi) is 5.49. The lowest BCUT2D eigenvalue weighted by Crippen LogP contribution is -2.33. The van der Waals surface area contributed by atoms with Crippen molar-refractivity contribution in [2.45, 2.75) is 13.0 Å². The Hall–Kier alpha value is -3.34. The van der Waals surface area contributed by atoms with Crippen LogP contribution >= 0.6 is 0 Å². The monoisotopic (exact) mass is 349 g/mol. The molecule has 1 atom stereocenters. The van der Waals surface area contributed by atoms with Crippen LogP contribution in [-0.4, -0.2) is 18.3 Å². The smallest absolute Gasteiger partial charge is 0.258 e. The molecule has 1 heterocycles. The molecular weight excluding hydrogens is 330 g/mol. The molecule has 1 amide bonds. The Bertz CT molecular complexity index is 855. The predicted molar refractivity (Wildman–Crippen MR) is 97.1 cm³/mol. The van der Waals surface area contributed by atoms with Crippen LogP contribution in [0.3, 0.4) is 0 Å². The summed E-state index contributed by atoms with van der Waals surface area (Å²) in [5.74, 6) is 0.888. The number of hydrogen-bond acceptors (Lipinski definition) is 4. The van der Waals surface area contributed by atoms with Crippen molar-refractivity contribution < 1.29 is 18.7 Å². The van der Waals surface area contributed by atoms with Crippen LogP contribution in [-0.2, 0) is 4.79 Å². The van der Waals surface area contributed by atoms with Gasteiger partial charge in [0.05, 0.1) is 6.26 Å². The van der Waals surface area contributed by atoms with Crippen molar-refractivity contribution in [3.05, 3.63) is 89.9 Å². The fourth-order valence-corrected chi connectivity index (χ4v) is 2.56. The summed E-state index contributed by atoms with van der Waals surface area (Å²) in [5, 5.41) is 2.92. The minimum atomic E-state index is -0.387. The Labute approximate surface area is 151 Å². The largest absolute Gasteiger partial charge is 0.484 e. The number of ether oxygens (including phenoxy) is 1. The van der Waals surface area contributed by atoms with E-state index in [0.717, 1.165) is 5.56 Å². The number of benzene rings is 2. The number of amides is 1. The van der Waals surface area contributed by atoms with Gasteiger partial charge in [-0.25, -0.2) is 0 Å². The van der Waals surface area contributed by atoms with Crippen molar-refractivity contribution >= 4 is 11.7 Å². The number of hydrogen-bond donors (Lipinski definition) is 1. The molecule has 1 aromatic heterocycles. The number of carbonyl (C=O) groups is 2. The second-order valence-electron chi connectivity index (χ2n) is 5.80. The van der Waals surface area contributed by atoms with Crippen molar-refractivity contribution in [3.8, 4) is 5.75 Å². The molecule has 0 bridgehead atoms. The van der Waals surface area contributed by atoms with E-state index in [9.17, 15) is 9.59 Å². The van der Waals surface area contributed by atoms with Gasteiger partial charge >= 0.3 is 0 Å². The molecule has 0 radical (unpaired) electrons. The minimum absolute atomic E-state index is 0.0153. The van der Waals surface area contributed by atoms with Crippen LogP contribution in [0.2, 0.25) is 0 Å². The molecule has 1 N–H and O–H groups in total. The van der Waals surface area contributed by atoms with Crippen molar-refractivity contribution in [3.63, 3.8) is 0 Å². The van der Waals surface area contributed by atoms with E-state index in [4.69, 9.17) is 9.15 Å². The van der Waals surface area contributed by atoms with E-state index < -0.39 is 0 Å². The lowest BCUT2D eigenvalue weighted by Gasteiger charge is -2.17. The summed E-state index contributed by atoms with van der Waals surface area (Å²) >= 11 is 0. The quantitative estimate of drug-likeness (QED) is 0.659. The molecule has 2 aromatic carbocycles. The van der Waals surface area contributed by atoms with Gasteiger partial charge in [-0.3, -0.25) is 9.59 Å². The molecule has 3 aromatic rings. The van der Waals surface area contributed by atoms with Crippen molar-refractivity contribution in [1.82, 2.24) is 5.32 Å². The van der Waals surface area contributed by atoms with Crippen molar-refractivity contribution in [2.75, 3.05) is 6.61 Å². The molecule has 3 rings (SSSR count). The highest BCUT2D eigenvalue weighted by Gasteiger charge is 2.19. The molecule has 0 saturated carbocycles. The average Bonchev–Trinajstić information content (AvgIpc) is 3.20. The summed E-state index contributed by atoms with van der Waals surface area (Å²) in [6.07, 6.45) is 1.57. The maximum absolute atomic E-state index is 12.3. The van der Waals surface area contributed by atoms with Crippen LogP contribution in [0.4, 0.5) is 0 Å². The highest BCUT2D eigenvalue weighted by Crippen LogP contribution is 2.22. The summed E-state index contributed by atoms with van der Waals surface area (Å²) in [6, 6.07) is 19.5. The zero-order valence-corrected chi connectivity index (χ0v) is 14.3. The van der Waals surface area contributed by atoms with Gasteiger partial charge in [-0.15, -0.1) is 0 Å². The molecule has 132 valence electrons. The summed E-state index contributed by atoms with van der Waals surface area (Å²) in [4.78, 5) is 23.6. The second kappa shape index (κ2) is 8.16. The molecule has 0 aliphatic carbocycles. The SMILES string of the molecule is CC(=O)c1ccc(OCC(=O)NC(c2ccccc2)c2ccco2)cc1. The highest BCUT2D eigenvalue weighted by atomic mass is 16.5. The summed E-state index contributed by atoms with van der Waals surface area (Å²) in [5.41, 5.74) is 1.52. The van der Waals surface area contributed by atoms with Crippen LogP contribution < -0.4 is 10.1 Å². The van der Waals surface area contributed by atoms with Gasteiger partial charge < -0.3 is 14.5 Å². The first-order chi connectivity index (χ1) is 12.6. The fourth-order valence-electron chi connectivity index (χ4n) is 2.56. The van der Waals surface area contributed by atoms with Gasteiger partial charge in [0.25, 0.3) is 5.91 Å². The Morgan fingerprint density at radius 3 is 2.35 bits per heavy atom. The lowest BCUT2D eigenvalue weighted by molar-refractivity contribution is -0.123. The molecule has 0 spiro atoms. The van der Waals surface area contributed by atoms with E-state index in [2.05, 4.69) is 5.32 Å². The Balaban J connectivity index is 1.64.